The quantitative estimate of drug-likeness (QED) is 0.284. The summed E-state index contributed by atoms with van der Waals surface area (Å²) in [5, 5.41) is 10.6. The number of nitro groups is 1. The highest BCUT2D eigenvalue weighted by molar-refractivity contribution is 5.96. The van der Waals surface area contributed by atoms with Gasteiger partial charge in [0.25, 0.3) is 5.69 Å². The number of aromatic nitrogens is 1. The summed E-state index contributed by atoms with van der Waals surface area (Å²) in [6, 6.07) is 1.26. The van der Waals surface area contributed by atoms with Crippen molar-refractivity contribution in [2.45, 2.75) is 6.42 Å². The van der Waals surface area contributed by atoms with Crippen LogP contribution in [0.2, 0.25) is 0 Å². The molecule has 0 atom stereocenters. The molecule has 0 spiro atoms. The third-order valence-electron chi connectivity index (χ3n) is 2.98. The van der Waals surface area contributed by atoms with Crippen LogP contribution in [0.15, 0.2) is 12.3 Å². The predicted molar refractivity (Wildman–Crippen MR) is 76.6 cm³/mol. The van der Waals surface area contributed by atoms with Crippen LogP contribution < -0.4 is 0 Å². The molecule has 118 valence electrons. The van der Waals surface area contributed by atoms with E-state index in [4.69, 9.17) is 9.47 Å². The van der Waals surface area contributed by atoms with Gasteiger partial charge in [-0.2, -0.15) is 0 Å². The summed E-state index contributed by atoms with van der Waals surface area (Å²) >= 11 is 0. The van der Waals surface area contributed by atoms with E-state index >= 15 is 0 Å². The van der Waals surface area contributed by atoms with Crippen molar-refractivity contribution < 1.29 is 19.2 Å². The number of nitrogens with one attached hydrogen (secondary N) is 1. The standard InChI is InChI=1S/C13H21N3O5/c1-20-6-3-4-15(5-7-21-2)10-13(17)12-8-11(9-14-12)16(18)19/h8-9,14H,3-7,10H2,1-2H3. The average Bonchev–Trinajstić information content (AvgIpc) is 2.94. The molecule has 0 aliphatic rings. The molecule has 0 radical (unpaired) electrons. The van der Waals surface area contributed by atoms with E-state index in [9.17, 15) is 14.9 Å². The van der Waals surface area contributed by atoms with Gasteiger partial charge in [0.05, 0.1) is 30.0 Å². The maximum atomic E-state index is 12.1. The summed E-state index contributed by atoms with van der Waals surface area (Å²) in [7, 11) is 3.23. The number of methoxy groups -OCH3 is 2. The molecule has 0 amide bonds. The Balaban J connectivity index is 2.58. The van der Waals surface area contributed by atoms with Gasteiger partial charge in [0.15, 0.2) is 5.78 Å². The Kier molecular flexibility index (Phi) is 7.59. The van der Waals surface area contributed by atoms with Crippen LogP contribution in [-0.4, -0.2) is 67.7 Å². The van der Waals surface area contributed by atoms with Crippen LogP contribution in [-0.2, 0) is 9.47 Å². The van der Waals surface area contributed by atoms with Crippen LogP contribution >= 0.6 is 0 Å². The molecule has 0 saturated heterocycles. The SMILES string of the molecule is COCCCN(CCOC)CC(=O)c1cc([N+](=O)[O-])c[nH]1. The predicted octanol–water partition coefficient (Wildman–Crippen LogP) is 1.09. The van der Waals surface area contributed by atoms with Crippen molar-refractivity contribution in [3.05, 3.63) is 28.1 Å². The van der Waals surface area contributed by atoms with Crippen LogP contribution in [0.5, 0.6) is 0 Å². The molecule has 0 aliphatic heterocycles. The Morgan fingerprint density at radius 2 is 2.05 bits per heavy atom. The van der Waals surface area contributed by atoms with Gasteiger partial charge in [-0.05, 0) is 6.42 Å². The molecule has 21 heavy (non-hydrogen) atoms. The first-order valence-corrected chi connectivity index (χ1v) is 6.64. The fraction of sp³-hybridized carbons (Fsp3) is 0.615. The van der Waals surface area contributed by atoms with Crippen molar-refractivity contribution >= 4 is 11.5 Å². The fourth-order valence-corrected chi connectivity index (χ4v) is 1.86. The Hall–Kier alpha value is -1.77. The topological polar surface area (TPSA) is 97.7 Å². The summed E-state index contributed by atoms with van der Waals surface area (Å²) in [5.41, 5.74) is 0.136. The van der Waals surface area contributed by atoms with Crippen LogP contribution in [0.1, 0.15) is 16.9 Å². The van der Waals surface area contributed by atoms with E-state index in [-0.39, 0.29) is 23.7 Å². The number of ketones is 1. The second-order valence-corrected chi connectivity index (χ2v) is 4.57. The maximum absolute atomic E-state index is 12.1. The lowest BCUT2D eigenvalue weighted by Crippen LogP contribution is -2.34. The second-order valence-electron chi connectivity index (χ2n) is 4.57. The smallest absolute Gasteiger partial charge is 0.287 e. The molecule has 0 bridgehead atoms. The van der Waals surface area contributed by atoms with Crippen molar-refractivity contribution in [2.24, 2.45) is 0 Å². The van der Waals surface area contributed by atoms with Crippen molar-refractivity contribution in [3.8, 4) is 0 Å². The van der Waals surface area contributed by atoms with Crippen LogP contribution in [0.25, 0.3) is 0 Å². The number of Topliss-reactive ketones (excluding diaryl/α,β-unsaturated/α-hetero) is 1. The molecule has 1 aromatic heterocycles. The first-order chi connectivity index (χ1) is 10.1. The normalized spacial score (nSPS) is 11.0. The van der Waals surface area contributed by atoms with E-state index < -0.39 is 4.92 Å². The number of aromatic amines is 1. The van der Waals surface area contributed by atoms with Crippen LogP contribution in [0, 0.1) is 10.1 Å². The van der Waals surface area contributed by atoms with E-state index in [2.05, 4.69) is 4.98 Å². The van der Waals surface area contributed by atoms with E-state index in [0.29, 0.717) is 26.3 Å². The molecule has 0 fully saturated rings. The maximum Gasteiger partial charge on any atom is 0.287 e. The molecule has 0 aromatic carbocycles. The van der Waals surface area contributed by atoms with Gasteiger partial charge in [0.2, 0.25) is 0 Å². The molecule has 8 heteroatoms. The first kappa shape index (κ1) is 17.3. The number of H-pyrrole nitrogens is 1. The average molecular weight is 299 g/mol. The number of hydrogen-bond acceptors (Lipinski definition) is 6. The fourth-order valence-electron chi connectivity index (χ4n) is 1.86. The van der Waals surface area contributed by atoms with E-state index in [0.717, 1.165) is 6.42 Å². The summed E-state index contributed by atoms with van der Waals surface area (Å²) in [5.74, 6) is -0.184. The lowest BCUT2D eigenvalue weighted by atomic mass is 10.2. The number of carbonyl (C=O) groups excluding carboxylic acids is 1. The van der Waals surface area contributed by atoms with Crippen molar-refractivity contribution in [2.75, 3.05) is 47.1 Å². The monoisotopic (exact) mass is 299 g/mol. The Morgan fingerprint density at radius 1 is 1.33 bits per heavy atom. The molecule has 1 N–H and O–H groups in total. The lowest BCUT2D eigenvalue weighted by molar-refractivity contribution is -0.384. The molecule has 1 heterocycles. The number of ether oxygens (including phenoxy) is 2. The number of nitrogens with zero attached hydrogens (tertiary/aromatic N) is 2. The van der Waals surface area contributed by atoms with Gasteiger partial charge in [0.1, 0.15) is 0 Å². The van der Waals surface area contributed by atoms with Gasteiger partial charge in [-0.25, -0.2) is 0 Å². The highest BCUT2D eigenvalue weighted by atomic mass is 16.6. The largest absolute Gasteiger partial charge is 0.385 e. The molecule has 1 rings (SSSR count). The zero-order valence-electron chi connectivity index (χ0n) is 12.3. The third kappa shape index (κ3) is 6.03. The molecular formula is C13H21N3O5. The first-order valence-electron chi connectivity index (χ1n) is 6.64. The number of carbonyl (C=O) groups is 1. The minimum Gasteiger partial charge on any atom is -0.385 e. The van der Waals surface area contributed by atoms with E-state index in [1.54, 1.807) is 14.2 Å². The van der Waals surface area contributed by atoms with Crippen molar-refractivity contribution in [1.29, 1.82) is 0 Å². The highest BCUT2D eigenvalue weighted by Gasteiger charge is 2.17. The van der Waals surface area contributed by atoms with Gasteiger partial charge in [-0.15, -0.1) is 0 Å². The molecular weight excluding hydrogens is 278 g/mol. The Bertz CT molecular complexity index is 460. The van der Waals surface area contributed by atoms with Crippen molar-refractivity contribution in [1.82, 2.24) is 9.88 Å². The van der Waals surface area contributed by atoms with Gasteiger partial charge >= 0.3 is 0 Å². The Morgan fingerprint density at radius 3 is 2.62 bits per heavy atom. The van der Waals surface area contributed by atoms with Crippen LogP contribution in [0.3, 0.4) is 0 Å². The minimum absolute atomic E-state index is 0.110. The minimum atomic E-state index is -0.533. The van der Waals surface area contributed by atoms with Gasteiger partial charge in [0, 0.05) is 40.0 Å². The van der Waals surface area contributed by atoms with Gasteiger partial charge in [-0.1, -0.05) is 0 Å². The molecule has 0 aliphatic carbocycles. The van der Waals surface area contributed by atoms with E-state index in [1.165, 1.54) is 12.3 Å². The molecule has 1 aromatic rings. The van der Waals surface area contributed by atoms with E-state index in [1.807, 2.05) is 4.90 Å². The van der Waals surface area contributed by atoms with Crippen LogP contribution in [0.4, 0.5) is 5.69 Å². The zero-order valence-corrected chi connectivity index (χ0v) is 12.3. The number of rotatable bonds is 11. The summed E-state index contributed by atoms with van der Waals surface area (Å²) in [6.07, 6.45) is 2.02. The third-order valence-corrected chi connectivity index (χ3v) is 2.98. The number of hydrogen-bond donors (Lipinski definition) is 1. The molecule has 0 saturated carbocycles. The van der Waals surface area contributed by atoms with Gasteiger partial charge < -0.3 is 14.5 Å². The lowest BCUT2D eigenvalue weighted by Gasteiger charge is -2.20. The summed E-state index contributed by atoms with van der Waals surface area (Å²) in [6.45, 7) is 2.64. The zero-order chi connectivity index (χ0) is 15.7. The highest BCUT2D eigenvalue weighted by Crippen LogP contribution is 2.13. The summed E-state index contributed by atoms with van der Waals surface area (Å²) in [4.78, 5) is 26.8. The molecule has 0 unspecified atom stereocenters. The van der Waals surface area contributed by atoms with Gasteiger partial charge in [-0.3, -0.25) is 19.8 Å². The van der Waals surface area contributed by atoms with Crippen molar-refractivity contribution in [3.63, 3.8) is 0 Å². The molecule has 8 nitrogen and oxygen atoms in total. The summed E-state index contributed by atoms with van der Waals surface area (Å²) < 4.78 is 10.0. The second kappa shape index (κ2) is 9.22. The Labute approximate surface area is 123 Å².